The number of thiophene rings is 1. The summed E-state index contributed by atoms with van der Waals surface area (Å²) in [6.07, 6.45) is 1.57. The zero-order chi connectivity index (χ0) is 19.0. The van der Waals surface area contributed by atoms with Gasteiger partial charge in [0, 0.05) is 6.61 Å². The molecule has 0 N–H and O–H groups in total. The Morgan fingerprint density at radius 2 is 2.00 bits per heavy atom. The quantitative estimate of drug-likeness (QED) is 0.613. The van der Waals surface area contributed by atoms with Crippen molar-refractivity contribution < 1.29 is 9.53 Å². The summed E-state index contributed by atoms with van der Waals surface area (Å²) in [5, 5.41) is 0.409. The number of carbonyl (C=O) groups excluding carboxylic acids is 1. The van der Waals surface area contributed by atoms with E-state index in [0.717, 1.165) is 12.8 Å². The Bertz CT molecular complexity index is 1120. The minimum Gasteiger partial charge on any atom is -0.376 e. The summed E-state index contributed by atoms with van der Waals surface area (Å²) in [7, 11) is 0. The average Bonchev–Trinajstić information content (AvgIpc) is 3.34. The first kappa shape index (κ1) is 18.2. The maximum Gasteiger partial charge on any atom is 0.331 e. The van der Waals surface area contributed by atoms with Crippen LogP contribution >= 0.6 is 22.9 Å². The fourth-order valence-electron chi connectivity index (χ4n) is 3.36. The van der Waals surface area contributed by atoms with Crippen LogP contribution in [0.2, 0.25) is 4.34 Å². The lowest BCUT2D eigenvalue weighted by molar-refractivity contribution is 0.0940. The number of halogens is 1. The number of Topliss-reactive ketones (excluding diaryl/α,β-unsaturated/α-hetero) is 1. The van der Waals surface area contributed by atoms with Crippen LogP contribution in [0.3, 0.4) is 0 Å². The minimum atomic E-state index is -0.495. The van der Waals surface area contributed by atoms with E-state index in [0.29, 0.717) is 26.7 Å². The second-order valence-electron chi connectivity index (χ2n) is 6.46. The standard InChI is InChI=1S/C19H17ClN2O4S/c20-17-8-7-16(27-17)15(23)11-21-14-6-2-1-5-13(14)18(24)22(19(21)25)10-12-4-3-9-26-12/h1-2,5-8,12H,3-4,9-11H2. The van der Waals surface area contributed by atoms with Crippen LogP contribution in [-0.2, 0) is 17.8 Å². The number of ketones is 1. The molecule has 0 bridgehead atoms. The summed E-state index contributed by atoms with van der Waals surface area (Å²) < 4.78 is 8.65. The zero-order valence-corrected chi connectivity index (χ0v) is 16.0. The van der Waals surface area contributed by atoms with Gasteiger partial charge in [-0.3, -0.25) is 18.7 Å². The SMILES string of the molecule is O=C(Cn1c(=O)n(CC2CCCO2)c(=O)c2ccccc21)c1ccc(Cl)s1. The van der Waals surface area contributed by atoms with E-state index in [1.165, 1.54) is 20.5 Å². The van der Waals surface area contributed by atoms with Crippen LogP contribution in [0.25, 0.3) is 10.9 Å². The molecule has 140 valence electrons. The summed E-state index contributed by atoms with van der Waals surface area (Å²) in [5.41, 5.74) is -0.397. The number of hydrogen-bond donors (Lipinski definition) is 0. The molecule has 0 spiro atoms. The molecule has 1 fully saturated rings. The Hall–Kier alpha value is -2.22. The number of hydrogen-bond acceptors (Lipinski definition) is 5. The highest BCUT2D eigenvalue weighted by molar-refractivity contribution is 7.18. The Labute approximate surface area is 163 Å². The second-order valence-corrected chi connectivity index (χ2v) is 8.18. The van der Waals surface area contributed by atoms with Crippen molar-refractivity contribution >= 4 is 39.6 Å². The number of carbonyl (C=O) groups is 1. The van der Waals surface area contributed by atoms with E-state index < -0.39 is 5.69 Å². The molecule has 2 aromatic heterocycles. The van der Waals surface area contributed by atoms with Crippen LogP contribution in [0.15, 0.2) is 46.0 Å². The molecular weight excluding hydrogens is 388 g/mol. The highest BCUT2D eigenvalue weighted by atomic mass is 35.5. The third-order valence-electron chi connectivity index (χ3n) is 4.69. The maximum atomic E-state index is 13.1. The molecule has 4 rings (SSSR count). The van der Waals surface area contributed by atoms with Gasteiger partial charge in [0.25, 0.3) is 5.56 Å². The normalized spacial score (nSPS) is 16.9. The molecule has 0 saturated carbocycles. The van der Waals surface area contributed by atoms with Gasteiger partial charge in [0.1, 0.15) is 0 Å². The molecule has 0 aliphatic carbocycles. The molecule has 6 nitrogen and oxygen atoms in total. The molecule has 0 radical (unpaired) electrons. The molecule has 27 heavy (non-hydrogen) atoms. The summed E-state index contributed by atoms with van der Waals surface area (Å²) in [5.74, 6) is -0.221. The van der Waals surface area contributed by atoms with E-state index in [2.05, 4.69) is 0 Å². The first-order valence-electron chi connectivity index (χ1n) is 8.67. The van der Waals surface area contributed by atoms with Crippen molar-refractivity contribution in [1.29, 1.82) is 0 Å². The summed E-state index contributed by atoms with van der Waals surface area (Å²) in [6.45, 7) is 0.683. The van der Waals surface area contributed by atoms with Crippen LogP contribution in [0, 0.1) is 0 Å². The number of benzene rings is 1. The van der Waals surface area contributed by atoms with Gasteiger partial charge in [-0.1, -0.05) is 23.7 Å². The highest BCUT2D eigenvalue weighted by Crippen LogP contribution is 2.22. The first-order chi connectivity index (χ1) is 13.0. The van der Waals surface area contributed by atoms with Crippen molar-refractivity contribution in [1.82, 2.24) is 9.13 Å². The average molecular weight is 405 g/mol. The second kappa shape index (κ2) is 7.42. The highest BCUT2D eigenvalue weighted by Gasteiger charge is 2.21. The van der Waals surface area contributed by atoms with Crippen molar-refractivity contribution in [3.05, 3.63) is 66.4 Å². The number of aromatic nitrogens is 2. The number of para-hydroxylation sites is 1. The molecule has 1 atom stereocenters. The largest absolute Gasteiger partial charge is 0.376 e. The predicted octanol–water partition coefficient (Wildman–Crippen LogP) is 2.94. The van der Waals surface area contributed by atoms with Gasteiger partial charge in [-0.2, -0.15) is 0 Å². The fraction of sp³-hybridized carbons (Fsp3) is 0.316. The van der Waals surface area contributed by atoms with E-state index in [4.69, 9.17) is 16.3 Å². The van der Waals surface area contributed by atoms with Gasteiger partial charge < -0.3 is 4.74 Å². The van der Waals surface area contributed by atoms with Gasteiger partial charge >= 0.3 is 5.69 Å². The van der Waals surface area contributed by atoms with E-state index in [1.54, 1.807) is 36.4 Å². The molecule has 1 aromatic carbocycles. The van der Waals surface area contributed by atoms with E-state index >= 15 is 0 Å². The Morgan fingerprint density at radius 1 is 1.19 bits per heavy atom. The van der Waals surface area contributed by atoms with E-state index in [-0.39, 0.29) is 30.5 Å². The summed E-state index contributed by atoms with van der Waals surface area (Å²) in [6, 6.07) is 10.1. The van der Waals surface area contributed by atoms with Crippen molar-refractivity contribution in [2.45, 2.75) is 32.0 Å². The monoisotopic (exact) mass is 404 g/mol. The number of fused-ring (bicyclic) bond motifs is 1. The predicted molar refractivity (Wildman–Crippen MR) is 105 cm³/mol. The third kappa shape index (κ3) is 3.50. The van der Waals surface area contributed by atoms with E-state index in [1.807, 2.05) is 0 Å². The molecular formula is C19H17ClN2O4S. The van der Waals surface area contributed by atoms with Gasteiger partial charge in [-0.05, 0) is 37.1 Å². The summed E-state index contributed by atoms with van der Waals surface area (Å²) in [4.78, 5) is 39.0. The number of ether oxygens (including phenoxy) is 1. The molecule has 1 unspecified atom stereocenters. The van der Waals surface area contributed by atoms with Gasteiger partial charge in [0.15, 0.2) is 5.78 Å². The lowest BCUT2D eigenvalue weighted by Gasteiger charge is -2.15. The topological polar surface area (TPSA) is 70.3 Å². The fourth-order valence-corrected chi connectivity index (χ4v) is 4.34. The number of nitrogens with zero attached hydrogens (tertiary/aromatic N) is 2. The van der Waals surface area contributed by atoms with Crippen molar-refractivity contribution in [3.8, 4) is 0 Å². The van der Waals surface area contributed by atoms with E-state index in [9.17, 15) is 14.4 Å². The number of rotatable bonds is 5. The molecule has 8 heteroatoms. The van der Waals surface area contributed by atoms with Crippen molar-refractivity contribution in [3.63, 3.8) is 0 Å². The Kier molecular flexibility index (Phi) is 4.99. The first-order valence-corrected chi connectivity index (χ1v) is 9.86. The smallest absolute Gasteiger partial charge is 0.331 e. The minimum absolute atomic E-state index is 0.151. The molecule has 1 aliphatic heterocycles. The van der Waals surface area contributed by atoms with Gasteiger partial charge in [0.05, 0.1) is 39.3 Å². The van der Waals surface area contributed by atoms with Gasteiger partial charge in [0.2, 0.25) is 0 Å². The van der Waals surface area contributed by atoms with Crippen molar-refractivity contribution in [2.75, 3.05) is 6.61 Å². The Morgan fingerprint density at radius 3 is 2.70 bits per heavy atom. The van der Waals surface area contributed by atoms with Crippen molar-refractivity contribution in [2.24, 2.45) is 0 Å². The lowest BCUT2D eigenvalue weighted by Crippen LogP contribution is -2.43. The van der Waals surface area contributed by atoms with Gasteiger partial charge in [-0.15, -0.1) is 11.3 Å². The van der Waals surface area contributed by atoms with Crippen LogP contribution in [-0.4, -0.2) is 27.6 Å². The molecule has 1 aliphatic rings. The molecule has 0 amide bonds. The van der Waals surface area contributed by atoms with Crippen LogP contribution in [0.1, 0.15) is 22.5 Å². The molecule has 3 aromatic rings. The summed E-state index contributed by atoms with van der Waals surface area (Å²) >= 11 is 7.09. The van der Waals surface area contributed by atoms with Crippen LogP contribution in [0.5, 0.6) is 0 Å². The van der Waals surface area contributed by atoms with Crippen LogP contribution in [0.4, 0.5) is 0 Å². The lowest BCUT2D eigenvalue weighted by atomic mass is 10.2. The zero-order valence-electron chi connectivity index (χ0n) is 14.4. The third-order valence-corrected chi connectivity index (χ3v) is 5.96. The van der Waals surface area contributed by atoms with Crippen LogP contribution < -0.4 is 11.2 Å². The maximum absolute atomic E-state index is 13.1. The Balaban J connectivity index is 1.81. The molecule has 3 heterocycles. The molecule has 1 saturated heterocycles. The van der Waals surface area contributed by atoms with Gasteiger partial charge in [-0.25, -0.2) is 4.79 Å².